The fraction of sp³-hybridized carbons (Fsp3) is 0. The van der Waals surface area contributed by atoms with Crippen LogP contribution < -0.4 is 0 Å². The van der Waals surface area contributed by atoms with Crippen molar-refractivity contribution in [3.05, 3.63) is 158 Å². The summed E-state index contributed by atoms with van der Waals surface area (Å²) in [4.78, 5) is 15.4. The Morgan fingerprint density at radius 2 is 1.06 bits per heavy atom. The maximum absolute atomic E-state index is 6.13. The Balaban J connectivity index is 1.25. The van der Waals surface area contributed by atoms with Gasteiger partial charge in [0.2, 0.25) is 5.95 Å². The number of furan rings is 1. The molecular weight excluding hydrogens is 589 g/mol. The maximum atomic E-state index is 6.13. The van der Waals surface area contributed by atoms with E-state index in [4.69, 9.17) is 19.4 Å². The molecule has 0 amide bonds. The van der Waals surface area contributed by atoms with Crippen LogP contribution in [0.1, 0.15) is 0 Å². The molecule has 10 aromatic rings. The molecule has 5 nitrogen and oxygen atoms in total. The zero-order chi connectivity index (χ0) is 31.6. The van der Waals surface area contributed by atoms with E-state index in [1.54, 1.807) is 0 Å². The van der Waals surface area contributed by atoms with Crippen LogP contribution in [0.15, 0.2) is 162 Å². The number of rotatable bonds is 4. The van der Waals surface area contributed by atoms with Crippen molar-refractivity contribution in [1.29, 1.82) is 0 Å². The van der Waals surface area contributed by atoms with Crippen LogP contribution in [0.5, 0.6) is 0 Å². The van der Waals surface area contributed by atoms with Crippen molar-refractivity contribution in [2.75, 3.05) is 0 Å². The minimum Gasteiger partial charge on any atom is -0.456 e. The second-order valence-corrected chi connectivity index (χ2v) is 12.1. The molecule has 0 fully saturated rings. The number of para-hydroxylation sites is 2. The van der Waals surface area contributed by atoms with Gasteiger partial charge in [0.05, 0.1) is 11.0 Å². The van der Waals surface area contributed by atoms with Gasteiger partial charge in [-0.3, -0.25) is 4.57 Å². The lowest BCUT2D eigenvalue weighted by Crippen LogP contribution is -2.06. The van der Waals surface area contributed by atoms with Crippen molar-refractivity contribution < 1.29 is 4.42 Å². The fourth-order valence-corrected chi connectivity index (χ4v) is 7.01. The minimum absolute atomic E-state index is 0.567. The van der Waals surface area contributed by atoms with Crippen LogP contribution in [-0.4, -0.2) is 19.5 Å². The van der Waals surface area contributed by atoms with Crippen LogP contribution in [0.3, 0.4) is 0 Å². The van der Waals surface area contributed by atoms with Crippen molar-refractivity contribution in [3.63, 3.8) is 0 Å². The molecule has 0 aliphatic carbocycles. The second kappa shape index (κ2) is 10.5. The van der Waals surface area contributed by atoms with E-state index in [0.717, 1.165) is 60.4 Å². The van der Waals surface area contributed by atoms with Gasteiger partial charge in [-0.2, -0.15) is 9.97 Å². The summed E-state index contributed by atoms with van der Waals surface area (Å²) in [5, 5.41) is 6.82. The number of fused-ring (bicyclic) bond motifs is 7. The average molecular weight is 615 g/mol. The Kier molecular flexibility index (Phi) is 5.81. The van der Waals surface area contributed by atoms with Crippen LogP contribution in [0.2, 0.25) is 0 Å². The van der Waals surface area contributed by atoms with Crippen molar-refractivity contribution >= 4 is 54.5 Å². The molecule has 0 unspecified atom stereocenters. The van der Waals surface area contributed by atoms with Gasteiger partial charge in [-0.05, 0) is 58.3 Å². The van der Waals surface area contributed by atoms with Crippen LogP contribution in [0.4, 0.5) is 0 Å². The lowest BCUT2D eigenvalue weighted by Gasteiger charge is -2.12. The number of hydrogen-bond acceptors (Lipinski definition) is 4. The molecule has 3 heterocycles. The van der Waals surface area contributed by atoms with Gasteiger partial charge in [0, 0.05) is 32.7 Å². The Labute approximate surface area is 275 Å². The summed E-state index contributed by atoms with van der Waals surface area (Å²) in [5.74, 6) is 1.78. The van der Waals surface area contributed by atoms with Gasteiger partial charge in [-0.15, -0.1) is 0 Å². The zero-order valence-electron chi connectivity index (χ0n) is 25.7. The Morgan fingerprint density at radius 1 is 0.396 bits per heavy atom. The zero-order valence-corrected chi connectivity index (χ0v) is 25.7. The highest BCUT2D eigenvalue weighted by Gasteiger charge is 2.19. The van der Waals surface area contributed by atoms with E-state index in [0.29, 0.717) is 17.6 Å². The van der Waals surface area contributed by atoms with Crippen LogP contribution in [0, 0.1) is 0 Å². The molecule has 7 aromatic carbocycles. The monoisotopic (exact) mass is 614 g/mol. The van der Waals surface area contributed by atoms with E-state index >= 15 is 0 Å². The highest BCUT2D eigenvalue weighted by atomic mass is 16.3. The van der Waals surface area contributed by atoms with Crippen molar-refractivity contribution in [1.82, 2.24) is 19.5 Å². The highest BCUT2D eigenvalue weighted by Crippen LogP contribution is 2.37. The molecular formula is C43H26N4O. The Bertz CT molecular complexity index is 2840. The summed E-state index contributed by atoms with van der Waals surface area (Å²) < 4.78 is 8.32. The molecule has 10 rings (SSSR count). The second-order valence-electron chi connectivity index (χ2n) is 12.1. The molecule has 3 aromatic heterocycles. The molecule has 0 radical (unpaired) electrons. The van der Waals surface area contributed by atoms with Gasteiger partial charge in [-0.1, -0.05) is 121 Å². The normalized spacial score (nSPS) is 11.8. The first-order valence-corrected chi connectivity index (χ1v) is 16.0. The molecule has 0 spiro atoms. The summed E-state index contributed by atoms with van der Waals surface area (Å²) >= 11 is 0. The van der Waals surface area contributed by atoms with E-state index in [1.807, 2.05) is 60.7 Å². The summed E-state index contributed by atoms with van der Waals surface area (Å²) in [6.07, 6.45) is 0. The lowest BCUT2D eigenvalue weighted by molar-refractivity contribution is 0.669. The van der Waals surface area contributed by atoms with Crippen molar-refractivity contribution in [2.24, 2.45) is 0 Å². The topological polar surface area (TPSA) is 56.7 Å². The third-order valence-corrected chi connectivity index (χ3v) is 9.26. The molecule has 224 valence electrons. The average Bonchev–Trinajstić information content (AvgIpc) is 3.70. The fourth-order valence-electron chi connectivity index (χ4n) is 7.01. The molecule has 48 heavy (non-hydrogen) atoms. The predicted octanol–water partition coefficient (Wildman–Crippen LogP) is 11.0. The van der Waals surface area contributed by atoms with Gasteiger partial charge in [0.15, 0.2) is 11.6 Å². The van der Waals surface area contributed by atoms with Gasteiger partial charge in [-0.25, -0.2) is 4.98 Å². The van der Waals surface area contributed by atoms with Crippen molar-refractivity contribution in [3.8, 4) is 39.9 Å². The van der Waals surface area contributed by atoms with E-state index < -0.39 is 0 Å². The molecule has 5 heteroatoms. The molecule has 0 N–H and O–H groups in total. The third-order valence-electron chi connectivity index (χ3n) is 9.26. The quantitative estimate of drug-likeness (QED) is 0.198. The first-order chi connectivity index (χ1) is 23.8. The summed E-state index contributed by atoms with van der Waals surface area (Å²) in [6, 6.07) is 54.6. The van der Waals surface area contributed by atoms with Gasteiger partial charge in [0.25, 0.3) is 0 Å². The lowest BCUT2D eigenvalue weighted by atomic mass is 9.97. The third kappa shape index (κ3) is 4.15. The molecule has 0 saturated heterocycles. The number of aromatic nitrogens is 4. The maximum Gasteiger partial charge on any atom is 0.238 e. The van der Waals surface area contributed by atoms with E-state index in [1.165, 1.54) is 16.3 Å². The minimum atomic E-state index is 0.567. The summed E-state index contributed by atoms with van der Waals surface area (Å²) in [6.45, 7) is 0. The smallest absolute Gasteiger partial charge is 0.238 e. The Hall–Kier alpha value is -6.59. The highest BCUT2D eigenvalue weighted by molar-refractivity contribution is 6.11. The number of nitrogens with zero attached hydrogens (tertiary/aromatic N) is 4. The first-order valence-electron chi connectivity index (χ1n) is 16.0. The van der Waals surface area contributed by atoms with E-state index in [2.05, 4.69) is 102 Å². The van der Waals surface area contributed by atoms with E-state index in [9.17, 15) is 0 Å². The van der Waals surface area contributed by atoms with E-state index in [-0.39, 0.29) is 0 Å². The van der Waals surface area contributed by atoms with Gasteiger partial charge < -0.3 is 4.42 Å². The summed E-state index contributed by atoms with van der Waals surface area (Å²) in [7, 11) is 0. The summed E-state index contributed by atoms with van der Waals surface area (Å²) in [5.41, 5.74) is 7.91. The van der Waals surface area contributed by atoms with Crippen molar-refractivity contribution in [2.45, 2.75) is 0 Å². The molecule has 0 atom stereocenters. The van der Waals surface area contributed by atoms with Crippen LogP contribution in [0.25, 0.3) is 94.4 Å². The largest absolute Gasteiger partial charge is 0.456 e. The molecule has 0 aliphatic rings. The van der Waals surface area contributed by atoms with Gasteiger partial charge >= 0.3 is 0 Å². The predicted molar refractivity (Wildman–Crippen MR) is 195 cm³/mol. The Morgan fingerprint density at radius 3 is 1.96 bits per heavy atom. The molecule has 0 bridgehead atoms. The first kappa shape index (κ1) is 26.6. The SMILES string of the molecule is c1ccc(-c2nc(-c3ccc4oc5ccccc5c4c3)nc(-n3c4ccccc4c4ccc(-c5cccc6ccccc56)cc43)n2)cc1. The standard InChI is InChI=1S/C43H26N4O/c1-2-12-28(13-3-1)41-44-42(30-22-24-40-36(25-30)35-17-7-9-20-39(35)48-40)46-43(45-41)47-37-19-8-6-16-33(37)34-23-21-29(26-38(34)47)32-18-10-14-27-11-4-5-15-31(27)32/h1-26H. The van der Waals surface area contributed by atoms with Gasteiger partial charge in [0.1, 0.15) is 11.2 Å². The number of benzene rings is 7. The molecule has 0 saturated carbocycles. The molecule has 0 aliphatic heterocycles. The number of hydrogen-bond donors (Lipinski definition) is 0. The van der Waals surface area contributed by atoms with Crippen LogP contribution in [-0.2, 0) is 0 Å². The van der Waals surface area contributed by atoms with Crippen LogP contribution >= 0.6 is 0 Å².